The number of piperidine rings is 1. The Bertz CT molecular complexity index is 358. The molecular formula is C15H26N2O2. The monoisotopic (exact) mass is 266 g/mol. The molecule has 3 fully saturated rings. The second kappa shape index (κ2) is 5.06. The molecule has 0 bridgehead atoms. The number of nitrogens with zero attached hydrogens (tertiary/aromatic N) is 1. The van der Waals surface area contributed by atoms with E-state index in [1.807, 2.05) is 0 Å². The van der Waals surface area contributed by atoms with Crippen molar-refractivity contribution >= 4 is 5.97 Å². The number of hydrogen-bond acceptors (Lipinski definition) is 3. The summed E-state index contributed by atoms with van der Waals surface area (Å²) in [5.41, 5.74) is 5.07. The summed E-state index contributed by atoms with van der Waals surface area (Å²) >= 11 is 0. The molecule has 108 valence electrons. The molecule has 0 aromatic carbocycles. The predicted molar refractivity (Wildman–Crippen MR) is 73.9 cm³/mol. The number of carbonyl (C=O) groups is 1. The minimum Gasteiger partial charge on any atom is -0.480 e. The van der Waals surface area contributed by atoms with Crippen LogP contribution in [-0.2, 0) is 4.79 Å². The quantitative estimate of drug-likeness (QED) is 0.802. The van der Waals surface area contributed by atoms with Crippen LogP contribution in [0.1, 0.15) is 57.8 Å². The van der Waals surface area contributed by atoms with E-state index in [1.54, 1.807) is 0 Å². The molecule has 0 aromatic heterocycles. The summed E-state index contributed by atoms with van der Waals surface area (Å²) in [5.74, 6) is 0.0484. The summed E-state index contributed by atoms with van der Waals surface area (Å²) in [6.45, 7) is 1.15. The maximum atomic E-state index is 11.3. The Balaban J connectivity index is 1.70. The molecular weight excluding hydrogens is 240 g/mol. The first kappa shape index (κ1) is 13.4. The summed E-state index contributed by atoms with van der Waals surface area (Å²) in [6.07, 6.45) is 10.3. The highest BCUT2D eigenvalue weighted by atomic mass is 16.4. The van der Waals surface area contributed by atoms with Crippen LogP contribution in [0.25, 0.3) is 0 Å². The van der Waals surface area contributed by atoms with Crippen molar-refractivity contribution in [2.75, 3.05) is 6.54 Å². The number of nitrogens with two attached hydrogens (primary N) is 1. The highest BCUT2D eigenvalue weighted by Gasteiger charge is 2.46. The summed E-state index contributed by atoms with van der Waals surface area (Å²) in [6, 6.07) is 1.12. The Morgan fingerprint density at radius 2 is 1.89 bits per heavy atom. The molecule has 4 heteroatoms. The lowest BCUT2D eigenvalue weighted by molar-refractivity contribution is -0.143. The molecule has 1 aliphatic heterocycles. The van der Waals surface area contributed by atoms with Crippen molar-refractivity contribution < 1.29 is 9.90 Å². The molecule has 2 saturated carbocycles. The number of rotatable bonds is 2. The third-order valence-corrected chi connectivity index (χ3v) is 5.70. The molecule has 1 saturated heterocycles. The minimum absolute atomic E-state index is 0.409. The summed E-state index contributed by atoms with van der Waals surface area (Å²) in [4.78, 5) is 13.9. The Morgan fingerprint density at radius 1 is 1.16 bits per heavy atom. The van der Waals surface area contributed by atoms with Gasteiger partial charge in [0.05, 0.1) is 0 Å². The van der Waals surface area contributed by atoms with Crippen molar-refractivity contribution in [2.45, 2.75) is 75.4 Å². The zero-order valence-electron chi connectivity index (χ0n) is 11.7. The van der Waals surface area contributed by atoms with Crippen LogP contribution in [0.15, 0.2) is 0 Å². The molecule has 3 aliphatic rings. The molecule has 0 radical (unpaired) electrons. The number of likely N-dealkylation sites (tertiary alicyclic amines) is 1. The third kappa shape index (κ3) is 2.40. The Hall–Kier alpha value is -0.610. The van der Waals surface area contributed by atoms with Crippen LogP contribution in [-0.4, -0.2) is 40.1 Å². The van der Waals surface area contributed by atoms with E-state index in [-0.39, 0.29) is 0 Å². The van der Waals surface area contributed by atoms with Gasteiger partial charge in [0.1, 0.15) is 5.54 Å². The van der Waals surface area contributed by atoms with Gasteiger partial charge < -0.3 is 10.8 Å². The average Bonchev–Trinajstić information content (AvgIpc) is 2.82. The van der Waals surface area contributed by atoms with Crippen LogP contribution in [0, 0.1) is 5.92 Å². The summed E-state index contributed by atoms with van der Waals surface area (Å²) in [5, 5.41) is 9.28. The smallest absolute Gasteiger partial charge is 0.323 e. The number of carboxylic acids is 1. The maximum Gasteiger partial charge on any atom is 0.323 e. The van der Waals surface area contributed by atoms with E-state index in [9.17, 15) is 9.90 Å². The van der Waals surface area contributed by atoms with E-state index in [2.05, 4.69) is 4.90 Å². The predicted octanol–water partition coefficient (Wildman–Crippen LogP) is 1.98. The fraction of sp³-hybridized carbons (Fsp3) is 0.933. The molecule has 19 heavy (non-hydrogen) atoms. The van der Waals surface area contributed by atoms with Gasteiger partial charge in [-0.15, -0.1) is 0 Å². The van der Waals surface area contributed by atoms with E-state index in [4.69, 9.17) is 5.73 Å². The Kier molecular flexibility index (Phi) is 3.56. The van der Waals surface area contributed by atoms with Gasteiger partial charge in [-0.1, -0.05) is 12.8 Å². The summed E-state index contributed by atoms with van der Waals surface area (Å²) < 4.78 is 0. The largest absolute Gasteiger partial charge is 0.480 e. The molecule has 4 nitrogen and oxygen atoms in total. The second-order valence-electron chi connectivity index (χ2n) is 6.85. The number of fused-ring (bicyclic) bond motifs is 1. The molecule has 0 aromatic rings. The minimum atomic E-state index is -0.966. The molecule has 0 amide bonds. The number of aliphatic carboxylic acids is 1. The van der Waals surface area contributed by atoms with Crippen LogP contribution < -0.4 is 5.73 Å². The van der Waals surface area contributed by atoms with Gasteiger partial charge in [-0.25, -0.2) is 0 Å². The zero-order valence-corrected chi connectivity index (χ0v) is 11.7. The zero-order chi connectivity index (χ0) is 13.5. The lowest BCUT2D eigenvalue weighted by Crippen LogP contribution is -2.53. The van der Waals surface area contributed by atoms with Crippen LogP contribution >= 0.6 is 0 Å². The first-order chi connectivity index (χ1) is 9.10. The lowest BCUT2D eigenvalue weighted by Gasteiger charge is -2.47. The fourth-order valence-corrected chi connectivity index (χ4v) is 4.64. The summed E-state index contributed by atoms with van der Waals surface area (Å²) in [7, 11) is 0. The topological polar surface area (TPSA) is 66.6 Å². The van der Waals surface area contributed by atoms with Gasteiger partial charge in [0.2, 0.25) is 0 Å². The fourth-order valence-electron chi connectivity index (χ4n) is 4.64. The molecule has 3 rings (SSSR count). The first-order valence-corrected chi connectivity index (χ1v) is 7.88. The van der Waals surface area contributed by atoms with E-state index in [0.717, 1.165) is 18.9 Å². The van der Waals surface area contributed by atoms with Crippen molar-refractivity contribution in [3.63, 3.8) is 0 Å². The number of hydrogen-bond donors (Lipinski definition) is 2. The molecule has 1 heterocycles. The Morgan fingerprint density at radius 3 is 2.63 bits per heavy atom. The van der Waals surface area contributed by atoms with Gasteiger partial charge in [-0.05, 0) is 57.4 Å². The van der Waals surface area contributed by atoms with E-state index < -0.39 is 11.5 Å². The van der Waals surface area contributed by atoms with Gasteiger partial charge >= 0.3 is 5.97 Å². The van der Waals surface area contributed by atoms with Gasteiger partial charge in [0.15, 0.2) is 0 Å². The number of carboxylic acid groups (broad SMARTS) is 1. The van der Waals surface area contributed by atoms with E-state index in [0.29, 0.717) is 24.9 Å². The Labute approximate surface area is 115 Å². The van der Waals surface area contributed by atoms with Crippen molar-refractivity contribution in [1.82, 2.24) is 4.90 Å². The molecule has 2 unspecified atom stereocenters. The van der Waals surface area contributed by atoms with Gasteiger partial charge in [-0.2, -0.15) is 0 Å². The lowest BCUT2D eigenvalue weighted by atomic mass is 9.77. The van der Waals surface area contributed by atoms with Crippen LogP contribution in [0.4, 0.5) is 0 Å². The van der Waals surface area contributed by atoms with Gasteiger partial charge in [-0.3, -0.25) is 9.69 Å². The van der Waals surface area contributed by atoms with Crippen molar-refractivity contribution in [3.8, 4) is 0 Å². The van der Waals surface area contributed by atoms with E-state index in [1.165, 1.54) is 38.5 Å². The first-order valence-electron chi connectivity index (χ1n) is 7.88. The maximum absolute atomic E-state index is 11.3. The van der Waals surface area contributed by atoms with Crippen LogP contribution in [0.2, 0.25) is 0 Å². The van der Waals surface area contributed by atoms with Crippen LogP contribution in [0.3, 0.4) is 0 Å². The van der Waals surface area contributed by atoms with E-state index >= 15 is 0 Å². The van der Waals surface area contributed by atoms with Gasteiger partial charge in [0.25, 0.3) is 0 Å². The van der Waals surface area contributed by atoms with Gasteiger partial charge in [0, 0.05) is 12.1 Å². The molecule has 3 N–H and O–H groups in total. The molecule has 0 spiro atoms. The standard InChI is InChI=1S/C15H26N2O2/c16-15(14(18)19)8-7-12(10-15)17-9-3-5-11-4-1-2-6-13(11)17/h11-13H,1-10,16H2,(H,18,19)/t11-,12?,13-,15?/m1/s1. The molecule has 2 aliphatic carbocycles. The third-order valence-electron chi connectivity index (χ3n) is 5.70. The highest BCUT2D eigenvalue weighted by Crippen LogP contribution is 2.40. The highest BCUT2D eigenvalue weighted by molar-refractivity contribution is 5.79. The molecule has 4 atom stereocenters. The van der Waals surface area contributed by atoms with Crippen LogP contribution in [0.5, 0.6) is 0 Å². The van der Waals surface area contributed by atoms with Crippen molar-refractivity contribution in [2.24, 2.45) is 11.7 Å². The van der Waals surface area contributed by atoms with Crippen molar-refractivity contribution in [3.05, 3.63) is 0 Å². The second-order valence-corrected chi connectivity index (χ2v) is 6.85. The average molecular weight is 266 g/mol. The SMILES string of the molecule is NC1(C(=O)O)CCC(N2CCC[C@H]3CCCC[C@H]32)C1. The normalized spacial score (nSPS) is 43.9. The van der Waals surface area contributed by atoms with Crippen molar-refractivity contribution in [1.29, 1.82) is 0 Å².